The predicted molar refractivity (Wildman–Crippen MR) is 113 cm³/mol. The van der Waals surface area contributed by atoms with Gasteiger partial charge in [-0.25, -0.2) is 9.69 Å². The third-order valence-corrected chi connectivity index (χ3v) is 4.97. The van der Waals surface area contributed by atoms with Gasteiger partial charge in [0.1, 0.15) is 5.92 Å². The number of imide groups is 1. The van der Waals surface area contributed by atoms with Crippen LogP contribution in [0.15, 0.2) is 42.5 Å². The Morgan fingerprint density at radius 3 is 2.33 bits per heavy atom. The Balaban J connectivity index is 1.80. The molecule has 8 heteroatoms. The van der Waals surface area contributed by atoms with E-state index in [1.165, 1.54) is 20.3 Å². The predicted octanol–water partition coefficient (Wildman–Crippen LogP) is 3.14. The Morgan fingerprint density at radius 2 is 1.73 bits per heavy atom. The van der Waals surface area contributed by atoms with Gasteiger partial charge in [0.15, 0.2) is 11.5 Å². The molecule has 0 aromatic heterocycles. The highest BCUT2D eigenvalue weighted by Crippen LogP contribution is 2.32. The lowest BCUT2D eigenvalue weighted by molar-refractivity contribution is -0.130. The molecule has 0 radical (unpaired) electrons. The Kier molecular flexibility index (Phi) is 6.25. The summed E-state index contributed by atoms with van der Waals surface area (Å²) in [5, 5.41) is 5.35. The molecule has 1 unspecified atom stereocenters. The van der Waals surface area contributed by atoms with Crippen molar-refractivity contribution >= 4 is 29.2 Å². The number of hydrogen-bond acceptors (Lipinski definition) is 5. The van der Waals surface area contributed by atoms with E-state index in [4.69, 9.17) is 9.47 Å². The SMILES string of the molecule is COc1ccc(N2C(=O)NCC(C(=O)Nc3ccc(C(C)C)cc3)C2=O)cc1OC. The summed E-state index contributed by atoms with van der Waals surface area (Å²) in [6.45, 7) is 4.09. The molecule has 30 heavy (non-hydrogen) atoms. The van der Waals surface area contributed by atoms with Crippen molar-refractivity contribution in [2.24, 2.45) is 5.92 Å². The fraction of sp³-hybridized carbons (Fsp3) is 0.318. The fourth-order valence-corrected chi connectivity index (χ4v) is 3.21. The van der Waals surface area contributed by atoms with Crippen molar-refractivity contribution in [2.75, 3.05) is 31.0 Å². The largest absolute Gasteiger partial charge is 0.493 e. The monoisotopic (exact) mass is 411 g/mol. The van der Waals surface area contributed by atoms with Crippen LogP contribution in [-0.2, 0) is 9.59 Å². The number of nitrogens with zero attached hydrogens (tertiary/aromatic N) is 1. The smallest absolute Gasteiger partial charge is 0.328 e. The van der Waals surface area contributed by atoms with Crippen LogP contribution in [0.2, 0.25) is 0 Å². The zero-order chi connectivity index (χ0) is 21.8. The third-order valence-electron chi connectivity index (χ3n) is 4.97. The first-order valence-corrected chi connectivity index (χ1v) is 9.60. The van der Waals surface area contributed by atoms with Crippen LogP contribution in [0, 0.1) is 5.92 Å². The second-order valence-corrected chi connectivity index (χ2v) is 7.22. The van der Waals surface area contributed by atoms with Crippen molar-refractivity contribution in [3.8, 4) is 11.5 Å². The molecule has 2 aromatic carbocycles. The molecule has 0 saturated carbocycles. The lowest BCUT2D eigenvalue weighted by Crippen LogP contribution is -2.58. The van der Waals surface area contributed by atoms with Gasteiger partial charge in [0.05, 0.1) is 19.9 Å². The summed E-state index contributed by atoms with van der Waals surface area (Å²) < 4.78 is 10.4. The van der Waals surface area contributed by atoms with Gasteiger partial charge in [0.25, 0.3) is 0 Å². The normalized spacial score (nSPS) is 16.3. The Morgan fingerprint density at radius 1 is 1.07 bits per heavy atom. The molecule has 3 rings (SSSR count). The number of benzene rings is 2. The van der Waals surface area contributed by atoms with Crippen LogP contribution < -0.4 is 25.0 Å². The summed E-state index contributed by atoms with van der Waals surface area (Å²) in [7, 11) is 2.95. The summed E-state index contributed by atoms with van der Waals surface area (Å²) in [5.74, 6) is -0.941. The van der Waals surface area contributed by atoms with Crippen molar-refractivity contribution < 1.29 is 23.9 Å². The van der Waals surface area contributed by atoms with Crippen LogP contribution >= 0.6 is 0 Å². The Hall–Kier alpha value is -3.55. The Labute approximate surface area is 175 Å². The van der Waals surface area contributed by atoms with Gasteiger partial charge in [-0.15, -0.1) is 0 Å². The highest BCUT2D eigenvalue weighted by Gasteiger charge is 2.39. The third kappa shape index (κ3) is 4.22. The maximum Gasteiger partial charge on any atom is 0.328 e. The number of methoxy groups -OCH3 is 2. The molecular formula is C22H25N3O5. The molecule has 0 bridgehead atoms. The first-order valence-electron chi connectivity index (χ1n) is 9.60. The highest BCUT2D eigenvalue weighted by molar-refractivity contribution is 6.23. The zero-order valence-corrected chi connectivity index (χ0v) is 17.4. The van der Waals surface area contributed by atoms with Gasteiger partial charge in [0.2, 0.25) is 11.8 Å². The maximum atomic E-state index is 13.0. The van der Waals surface area contributed by atoms with Crippen molar-refractivity contribution in [1.29, 1.82) is 0 Å². The summed E-state index contributed by atoms with van der Waals surface area (Å²) in [4.78, 5) is 39.1. The molecule has 1 atom stereocenters. The summed E-state index contributed by atoms with van der Waals surface area (Å²) in [6.07, 6.45) is 0. The molecule has 4 amide bonds. The van der Waals surface area contributed by atoms with Gasteiger partial charge >= 0.3 is 6.03 Å². The zero-order valence-electron chi connectivity index (χ0n) is 17.4. The Bertz CT molecular complexity index is 956. The van der Waals surface area contributed by atoms with Crippen molar-refractivity contribution in [3.05, 3.63) is 48.0 Å². The quantitative estimate of drug-likeness (QED) is 0.712. The minimum Gasteiger partial charge on any atom is -0.493 e. The van der Waals surface area contributed by atoms with E-state index in [0.717, 1.165) is 10.5 Å². The van der Waals surface area contributed by atoms with Gasteiger partial charge in [-0.1, -0.05) is 26.0 Å². The molecular weight excluding hydrogens is 386 g/mol. The van der Waals surface area contributed by atoms with Crippen LogP contribution in [0.5, 0.6) is 11.5 Å². The number of nitrogens with one attached hydrogen (secondary N) is 2. The number of rotatable bonds is 6. The number of amides is 4. The van der Waals surface area contributed by atoms with E-state index in [0.29, 0.717) is 23.1 Å². The fourth-order valence-electron chi connectivity index (χ4n) is 3.21. The molecule has 1 fully saturated rings. The van der Waals surface area contributed by atoms with E-state index in [1.807, 2.05) is 12.1 Å². The average Bonchev–Trinajstić information content (AvgIpc) is 2.73. The molecule has 2 N–H and O–H groups in total. The lowest BCUT2D eigenvalue weighted by Gasteiger charge is -2.31. The van der Waals surface area contributed by atoms with Gasteiger partial charge in [-0.3, -0.25) is 9.59 Å². The number of carbonyl (C=O) groups is 3. The second kappa shape index (κ2) is 8.86. The molecule has 0 aliphatic carbocycles. The van der Waals surface area contributed by atoms with Crippen LogP contribution in [-0.4, -0.2) is 38.6 Å². The molecule has 2 aromatic rings. The number of hydrogen-bond donors (Lipinski definition) is 2. The molecule has 1 aliphatic rings. The van der Waals surface area contributed by atoms with E-state index < -0.39 is 23.8 Å². The van der Waals surface area contributed by atoms with Gasteiger partial charge in [-0.2, -0.15) is 0 Å². The highest BCUT2D eigenvalue weighted by atomic mass is 16.5. The molecule has 1 saturated heterocycles. The van der Waals surface area contributed by atoms with E-state index in [-0.39, 0.29) is 12.2 Å². The average molecular weight is 411 g/mol. The maximum absolute atomic E-state index is 13.0. The standard InChI is InChI=1S/C22H25N3O5/c1-13(2)14-5-7-15(8-6-14)24-20(26)17-12-23-22(28)25(21(17)27)16-9-10-18(29-3)19(11-16)30-4/h5-11,13,17H,12H2,1-4H3,(H,23,28)(H,24,26). The number of urea groups is 1. The molecule has 1 aliphatic heterocycles. The van der Waals surface area contributed by atoms with Crippen LogP contribution in [0.3, 0.4) is 0 Å². The molecule has 8 nitrogen and oxygen atoms in total. The minimum atomic E-state index is -1.06. The topological polar surface area (TPSA) is 97.0 Å². The van der Waals surface area contributed by atoms with Crippen molar-refractivity contribution in [1.82, 2.24) is 5.32 Å². The number of ether oxygens (including phenoxy) is 2. The van der Waals surface area contributed by atoms with Gasteiger partial charge in [0, 0.05) is 18.3 Å². The summed E-state index contributed by atoms with van der Waals surface area (Å²) in [6, 6.07) is 11.5. The number of anilines is 2. The molecule has 0 spiro atoms. The van der Waals surface area contributed by atoms with Crippen LogP contribution in [0.25, 0.3) is 0 Å². The number of carbonyl (C=O) groups excluding carboxylic acids is 3. The van der Waals surface area contributed by atoms with E-state index in [2.05, 4.69) is 24.5 Å². The minimum absolute atomic E-state index is 0.0721. The van der Waals surface area contributed by atoms with Gasteiger partial charge < -0.3 is 20.1 Å². The summed E-state index contributed by atoms with van der Waals surface area (Å²) in [5.41, 5.74) is 2.02. The van der Waals surface area contributed by atoms with E-state index in [9.17, 15) is 14.4 Å². The van der Waals surface area contributed by atoms with Crippen LogP contribution in [0.4, 0.5) is 16.2 Å². The van der Waals surface area contributed by atoms with Crippen LogP contribution in [0.1, 0.15) is 25.3 Å². The van der Waals surface area contributed by atoms with Crippen molar-refractivity contribution in [3.63, 3.8) is 0 Å². The van der Waals surface area contributed by atoms with E-state index >= 15 is 0 Å². The molecule has 158 valence electrons. The van der Waals surface area contributed by atoms with E-state index in [1.54, 1.807) is 24.3 Å². The lowest BCUT2D eigenvalue weighted by atomic mass is 10.0. The first kappa shape index (κ1) is 21.2. The molecule has 1 heterocycles. The summed E-state index contributed by atoms with van der Waals surface area (Å²) >= 11 is 0. The van der Waals surface area contributed by atoms with Gasteiger partial charge in [-0.05, 0) is 35.7 Å². The second-order valence-electron chi connectivity index (χ2n) is 7.22. The van der Waals surface area contributed by atoms with Crippen molar-refractivity contribution in [2.45, 2.75) is 19.8 Å². The first-order chi connectivity index (χ1) is 14.3.